The molecule has 7 heteroatoms. The van der Waals surface area contributed by atoms with Gasteiger partial charge in [0.1, 0.15) is 0 Å². The number of rotatable bonds is 2. The first-order valence-electron chi connectivity index (χ1n) is 8.86. The summed E-state index contributed by atoms with van der Waals surface area (Å²) in [5.41, 5.74) is 5.53. The van der Waals surface area contributed by atoms with Crippen molar-refractivity contribution in [3.63, 3.8) is 0 Å². The minimum atomic E-state index is -4.52. The van der Waals surface area contributed by atoms with E-state index in [-0.39, 0.29) is 18.5 Å². The predicted molar refractivity (Wildman–Crippen MR) is 96.4 cm³/mol. The smallest absolute Gasteiger partial charge is 0.367 e. The van der Waals surface area contributed by atoms with Crippen LogP contribution in [0.25, 0.3) is 0 Å². The van der Waals surface area contributed by atoms with Crippen LogP contribution in [0.2, 0.25) is 0 Å². The first-order valence-corrected chi connectivity index (χ1v) is 8.86. The van der Waals surface area contributed by atoms with Gasteiger partial charge in [0.15, 0.2) is 0 Å². The van der Waals surface area contributed by atoms with Gasteiger partial charge in [0.25, 0.3) is 5.56 Å². The quantitative estimate of drug-likeness (QED) is 0.812. The van der Waals surface area contributed by atoms with Gasteiger partial charge in [-0.05, 0) is 12.5 Å². The molecule has 4 nitrogen and oxygen atoms in total. The van der Waals surface area contributed by atoms with Crippen molar-refractivity contribution in [3.8, 4) is 0 Å². The lowest BCUT2D eigenvalue weighted by Gasteiger charge is -2.35. The summed E-state index contributed by atoms with van der Waals surface area (Å²) in [7, 11) is 0. The van der Waals surface area contributed by atoms with Crippen molar-refractivity contribution in [1.82, 2.24) is 9.47 Å². The Hall–Kier alpha value is -2.02. The lowest BCUT2D eigenvalue weighted by atomic mass is 10.0. The van der Waals surface area contributed by atoms with Crippen LogP contribution in [0.3, 0.4) is 0 Å². The molecule has 0 spiro atoms. The largest absolute Gasteiger partial charge is 0.416 e. The molecule has 0 aromatic carbocycles. The molecule has 144 valence electrons. The van der Waals surface area contributed by atoms with Crippen molar-refractivity contribution in [2.45, 2.75) is 52.0 Å². The highest BCUT2D eigenvalue weighted by atomic mass is 19.4. The first kappa shape index (κ1) is 20.3. The van der Waals surface area contributed by atoms with Gasteiger partial charge in [0.2, 0.25) is 0 Å². The molecule has 3 rings (SSSR count). The second-order valence-electron chi connectivity index (χ2n) is 6.73. The molecule has 0 unspecified atom stereocenters. The minimum absolute atomic E-state index is 0.00622. The Labute approximate surface area is 151 Å². The maximum atomic E-state index is 12.9. The number of halogens is 3. The van der Waals surface area contributed by atoms with Crippen molar-refractivity contribution in [3.05, 3.63) is 58.2 Å². The van der Waals surface area contributed by atoms with Crippen molar-refractivity contribution in [2.24, 2.45) is 11.7 Å². The van der Waals surface area contributed by atoms with Gasteiger partial charge in [0, 0.05) is 42.5 Å². The fourth-order valence-corrected chi connectivity index (χ4v) is 3.15. The SMILES string of the molecule is C=C([C@H]1C=C[C@@H](N)C1)N1CCn2c(cc(C(F)(F)F)cc2=O)C1.CCC. The van der Waals surface area contributed by atoms with Crippen LogP contribution in [0.1, 0.15) is 37.9 Å². The van der Waals surface area contributed by atoms with E-state index in [4.69, 9.17) is 5.73 Å². The molecule has 2 atom stereocenters. The van der Waals surface area contributed by atoms with E-state index in [0.29, 0.717) is 24.8 Å². The molecule has 2 heterocycles. The molecule has 0 amide bonds. The van der Waals surface area contributed by atoms with E-state index in [1.54, 1.807) is 0 Å². The van der Waals surface area contributed by atoms with Crippen LogP contribution in [0.4, 0.5) is 13.2 Å². The maximum Gasteiger partial charge on any atom is 0.416 e. The Morgan fingerprint density at radius 3 is 2.46 bits per heavy atom. The van der Waals surface area contributed by atoms with Gasteiger partial charge >= 0.3 is 6.18 Å². The number of nitrogens with zero attached hydrogens (tertiary/aromatic N) is 2. The van der Waals surface area contributed by atoms with Crippen molar-refractivity contribution < 1.29 is 13.2 Å². The zero-order valence-electron chi connectivity index (χ0n) is 15.2. The number of nitrogens with two attached hydrogens (primary N) is 1. The van der Waals surface area contributed by atoms with Gasteiger partial charge in [-0.3, -0.25) is 4.79 Å². The molecule has 1 aromatic rings. The second kappa shape index (κ2) is 8.12. The third-order valence-corrected chi connectivity index (χ3v) is 4.44. The fraction of sp³-hybridized carbons (Fsp3) is 0.526. The van der Waals surface area contributed by atoms with Crippen LogP contribution in [0, 0.1) is 5.92 Å². The van der Waals surface area contributed by atoms with Crippen LogP contribution >= 0.6 is 0 Å². The molecular formula is C19H26F3N3O. The highest BCUT2D eigenvalue weighted by Gasteiger charge is 2.33. The molecular weight excluding hydrogens is 343 g/mol. The summed E-state index contributed by atoms with van der Waals surface area (Å²) in [5, 5.41) is 0. The molecule has 0 radical (unpaired) electrons. The van der Waals surface area contributed by atoms with E-state index in [2.05, 4.69) is 20.4 Å². The minimum Gasteiger partial charge on any atom is -0.367 e. The number of hydrogen-bond donors (Lipinski definition) is 1. The van der Waals surface area contributed by atoms with Gasteiger partial charge in [-0.2, -0.15) is 13.2 Å². The summed E-state index contributed by atoms with van der Waals surface area (Å²) >= 11 is 0. The Balaban J connectivity index is 0.000000758. The Bertz CT molecular complexity index is 737. The summed E-state index contributed by atoms with van der Waals surface area (Å²) in [6.45, 7) is 9.48. The van der Waals surface area contributed by atoms with Gasteiger partial charge in [-0.25, -0.2) is 0 Å². The lowest BCUT2D eigenvalue weighted by molar-refractivity contribution is -0.137. The molecule has 0 saturated heterocycles. The second-order valence-corrected chi connectivity index (χ2v) is 6.73. The number of alkyl halides is 3. The van der Waals surface area contributed by atoms with Gasteiger partial charge in [0.05, 0.1) is 12.1 Å². The zero-order chi connectivity index (χ0) is 19.5. The summed E-state index contributed by atoms with van der Waals surface area (Å²) < 4.78 is 40.0. The number of allylic oxidation sites excluding steroid dienone is 1. The van der Waals surface area contributed by atoms with Crippen LogP contribution in [-0.2, 0) is 19.3 Å². The Morgan fingerprint density at radius 1 is 1.27 bits per heavy atom. The molecule has 1 aromatic heterocycles. The zero-order valence-corrected chi connectivity index (χ0v) is 15.2. The van der Waals surface area contributed by atoms with E-state index in [1.807, 2.05) is 17.1 Å². The Kier molecular flexibility index (Phi) is 6.34. The molecule has 0 bridgehead atoms. The van der Waals surface area contributed by atoms with Crippen molar-refractivity contribution in [2.75, 3.05) is 6.54 Å². The molecule has 2 aliphatic rings. The van der Waals surface area contributed by atoms with E-state index >= 15 is 0 Å². The van der Waals surface area contributed by atoms with Gasteiger partial charge < -0.3 is 15.2 Å². The number of fused-ring (bicyclic) bond motifs is 1. The normalized spacial score (nSPS) is 21.8. The van der Waals surface area contributed by atoms with E-state index in [1.165, 1.54) is 11.0 Å². The van der Waals surface area contributed by atoms with Crippen LogP contribution in [0.5, 0.6) is 0 Å². The topological polar surface area (TPSA) is 51.3 Å². The van der Waals surface area contributed by atoms with E-state index in [9.17, 15) is 18.0 Å². The molecule has 0 fully saturated rings. The average molecular weight is 369 g/mol. The monoisotopic (exact) mass is 369 g/mol. The number of pyridine rings is 1. The molecule has 26 heavy (non-hydrogen) atoms. The van der Waals surface area contributed by atoms with E-state index in [0.717, 1.165) is 18.2 Å². The van der Waals surface area contributed by atoms with E-state index < -0.39 is 17.3 Å². The number of aromatic nitrogens is 1. The van der Waals surface area contributed by atoms with Gasteiger partial charge in [-0.15, -0.1) is 0 Å². The third kappa shape index (κ3) is 4.58. The highest BCUT2D eigenvalue weighted by molar-refractivity contribution is 5.24. The van der Waals surface area contributed by atoms with Crippen molar-refractivity contribution >= 4 is 0 Å². The fourth-order valence-electron chi connectivity index (χ4n) is 3.15. The molecule has 1 aliphatic heterocycles. The standard InChI is InChI=1S/C16H18F3N3O.C3H8/c1-10(11-2-3-13(20)6-11)21-4-5-22-14(9-21)7-12(8-15(22)23)16(17,18)19;1-3-2/h2-3,7-8,11,13H,1,4-6,9,20H2;3H2,1-2H3/t11-,13+;/m0./s1. The van der Waals surface area contributed by atoms with Gasteiger partial charge in [-0.1, -0.05) is 39.0 Å². The van der Waals surface area contributed by atoms with Crippen LogP contribution in [-0.4, -0.2) is 22.1 Å². The third-order valence-electron chi connectivity index (χ3n) is 4.44. The molecule has 2 N–H and O–H groups in total. The highest BCUT2D eigenvalue weighted by Crippen LogP contribution is 2.31. The predicted octanol–water partition coefficient (Wildman–Crippen LogP) is 3.52. The summed E-state index contributed by atoms with van der Waals surface area (Å²) in [5.74, 6) is 0.106. The first-order chi connectivity index (χ1) is 12.2. The Morgan fingerprint density at radius 2 is 1.92 bits per heavy atom. The molecule has 1 aliphatic carbocycles. The summed E-state index contributed by atoms with van der Waals surface area (Å²) in [4.78, 5) is 13.8. The maximum absolute atomic E-state index is 12.9. The molecule has 0 saturated carbocycles. The lowest BCUT2D eigenvalue weighted by Crippen LogP contribution is -2.40. The van der Waals surface area contributed by atoms with Crippen LogP contribution in [0.15, 0.2) is 41.4 Å². The summed E-state index contributed by atoms with van der Waals surface area (Å²) in [6, 6.07) is 1.71. The average Bonchev–Trinajstić information content (AvgIpc) is 3.00. The summed E-state index contributed by atoms with van der Waals surface area (Å²) in [6.07, 6.45) is 1.39. The van der Waals surface area contributed by atoms with Crippen LogP contribution < -0.4 is 11.3 Å². The van der Waals surface area contributed by atoms with Crippen molar-refractivity contribution in [1.29, 1.82) is 0 Å². The number of hydrogen-bond acceptors (Lipinski definition) is 3.